The normalized spacial score (nSPS) is 19.6. The molecular weight excluding hydrogens is 373 g/mol. The zero-order chi connectivity index (χ0) is 20.4. The van der Waals surface area contributed by atoms with Crippen molar-refractivity contribution in [3.8, 4) is 0 Å². The van der Waals surface area contributed by atoms with Crippen molar-refractivity contribution in [3.63, 3.8) is 0 Å². The van der Waals surface area contributed by atoms with E-state index in [1.165, 1.54) is 11.0 Å². The van der Waals surface area contributed by atoms with Gasteiger partial charge in [0.25, 0.3) is 5.91 Å². The Labute approximate surface area is 168 Å². The molecule has 4 rings (SSSR count). The Bertz CT molecular complexity index is 926. The minimum absolute atomic E-state index is 0.0422. The van der Waals surface area contributed by atoms with Crippen LogP contribution in [0.5, 0.6) is 0 Å². The van der Waals surface area contributed by atoms with Gasteiger partial charge in [-0.25, -0.2) is 4.39 Å². The van der Waals surface area contributed by atoms with Crippen molar-refractivity contribution in [1.29, 1.82) is 0 Å². The standard InChI is InChI=1S/C22H22FN3O3/c23-18-8-4-5-9-19(18)26-15-17(14-20(26)27)22(29)25-12-10-24(11-13-25)21(28)16-6-2-1-3-7-16/h1-9,17H,10-15H2. The lowest BCUT2D eigenvalue weighted by atomic mass is 10.1. The summed E-state index contributed by atoms with van der Waals surface area (Å²) >= 11 is 0. The molecule has 29 heavy (non-hydrogen) atoms. The zero-order valence-electron chi connectivity index (χ0n) is 16.0. The Hall–Kier alpha value is -3.22. The minimum Gasteiger partial charge on any atom is -0.339 e. The summed E-state index contributed by atoms with van der Waals surface area (Å²) < 4.78 is 14.0. The summed E-state index contributed by atoms with van der Waals surface area (Å²) in [4.78, 5) is 42.6. The average molecular weight is 395 g/mol. The Morgan fingerprint density at radius 2 is 1.48 bits per heavy atom. The molecule has 7 heteroatoms. The summed E-state index contributed by atoms with van der Waals surface area (Å²) in [5.74, 6) is -1.35. The van der Waals surface area contributed by atoms with Gasteiger partial charge in [0.05, 0.1) is 11.6 Å². The number of amides is 3. The van der Waals surface area contributed by atoms with E-state index in [0.29, 0.717) is 31.7 Å². The number of carbonyl (C=O) groups is 3. The van der Waals surface area contributed by atoms with E-state index in [2.05, 4.69) is 0 Å². The average Bonchev–Trinajstić information content (AvgIpc) is 3.15. The van der Waals surface area contributed by atoms with Crippen LogP contribution >= 0.6 is 0 Å². The van der Waals surface area contributed by atoms with E-state index in [1.807, 2.05) is 18.2 Å². The highest BCUT2D eigenvalue weighted by Crippen LogP contribution is 2.28. The number of piperazine rings is 1. The lowest BCUT2D eigenvalue weighted by molar-refractivity contribution is -0.137. The molecule has 0 radical (unpaired) electrons. The van der Waals surface area contributed by atoms with Gasteiger partial charge in [-0.3, -0.25) is 14.4 Å². The zero-order valence-corrected chi connectivity index (χ0v) is 16.0. The SMILES string of the molecule is O=C(c1ccccc1)N1CCN(C(=O)C2CC(=O)N(c3ccccc3F)C2)CC1. The molecule has 2 saturated heterocycles. The Morgan fingerprint density at radius 3 is 2.17 bits per heavy atom. The van der Waals surface area contributed by atoms with Crippen LogP contribution in [0, 0.1) is 11.7 Å². The number of anilines is 1. The number of hydrogen-bond donors (Lipinski definition) is 0. The van der Waals surface area contributed by atoms with Gasteiger partial charge in [0.1, 0.15) is 5.82 Å². The molecule has 2 aromatic carbocycles. The second-order valence-electron chi connectivity index (χ2n) is 7.34. The summed E-state index contributed by atoms with van der Waals surface area (Å²) in [6, 6.07) is 15.2. The first-order chi connectivity index (χ1) is 14.0. The van der Waals surface area contributed by atoms with Gasteiger partial charge in [0.15, 0.2) is 0 Å². The Morgan fingerprint density at radius 1 is 0.862 bits per heavy atom. The quantitative estimate of drug-likeness (QED) is 0.800. The molecule has 2 aromatic rings. The molecule has 0 saturated carbocycles. The van der Waals surface area contributed by atoms with Crippen molar-refractivity contribution < 1.29 is 18.8 Å². The van der Waals surface area contributed by atoms with Crippen molar-refractivity contribution in [2.24, 2.45) is 5.92 Å². The van der Waals surface area contributed by atoms with Gasteiger partial charge < -0.3 is 14.7 Å². The first-order valence-electron chi connectivity index (χ1n) is 9.72. The predicted molar refractivity (Wildman–Crippen MR) is 106 cm³/mol. The fraction of sp³-hybridized carbons (Fsp3) is 0.318. The summed E-state index contributed by atoms with van der Waals surface area (Å²) in [6.07, 6.45) is 0.0797. The molecule has 0 N–H and O–H groups in total. The van der Waals surface area contributed by atoms with E-state index < -0.39 is 11.7 Å². The predicted octanol–water partition coefficient (Wildman–Crippen LogP) is 2.16. The van der Waals surface area contributed by atoms with Gasteiger partial charge in [-0.05, 0) is 24.3 Å². The molecule has 0 spiro atoms. The van der Waals surface area contributed by atoms with Crippen LogP contribution in [0.4, 0.5) is 10.1 Å². The van der Waals surface area contributed by atoms with Gasteiger partial charge in [-0.1, -0.05) is 30.3 Å². The molecule has 0 bridgehead atoms. The third kappa shape index (κ3) is 3.85. The van der Waals surface area contributed by atoms with Crippen molar-refractivity contribution in [2.45, 2.75) is 6.42 Å². The molecule has 150 valence electrons. The number of carbonyl (C=O) groups excluding carboxylic acids is 3. The molecule has 2 aliphatic heterocycles. The minimum atomic E-state index is -0.488. The largest absolute Gasteiger partial charge is 0.339 e. The maximum Gasteiger partial charge on any atom is 0.253 e. The second-order valence-corrected chi connectivity index (χ2v) is 7.34. The van der Waals surface area contributed by atoms with Gasteiger partial charge >= 0.3 is 0 Å². The fourth-order valence-electron chi connectivity index (χ4n) is 3.93. The van der Waals surface area contributed by atoms with Crippen LogP contribution in [0.3, 0.4) is 0 Å². The molecular formula is C22H22FN3O3. The van der Waals surface area contributed by atoms with Crippen LogP contribution in [0.15, 0.2) is 54.6 Å². The smallest absolute Gasteiger partial charge is 0.253 e. The fourth-order valence-corrected chi connectivity index (χ4v) is 3.93. The molecule has 3 amide bonds. The lowest BCUT2D eigenvalue weighted by Gasteiger charge is -2.36. The number of nitrogens with zero attached hydrogens (tertiary/aromatic N) is 3. The molecule has 1 unspecified atom stereocenters. The van der Waals surface area contributed by atoms with Crippen molar-refractivity contribution >= 4 is 23.4 Å². The molecule has 0 aromatic heterocycles. The molecule has 6 nitrogen and oxygen atoms in total. The second kappa shape index (κ2) is 8.03. The molecule has 0 aliphatic carbocycles. The van der Waals surface area contributed by atoms with Crippen LogP contribution in [-0.4, -0.2) is 60.2 Å². The number of para-hydroxylation sites is 1. The van der Waals surface area contributed by atoms with Crippen LogP contribution in [0.25, 0.3) is 0 Å². The Kier molecular flexibility index (Phi) is 5.29. The van der Waals surface area contributed by atoms with E-state index in [1.54, 1.807) is 40.1 Å². The van der Waals surface area contributed by atoms with Crippen LogP contribution < -0.4 is 4.90 Å². The van der Waals surface area contributed by atoms with Gasteiger partial charge in [0.2, 0.25) is 11.8 Å². The van der Waals surface area contributed by atoms with Gasteiger partial charge in [0, 0.05) is 44.7 Å². The number of benzene rings is 2. The monoisotopic (exact) mass is 395 g/mol. The summed E-state index contributed by atoms with van der Waals surface area (Å²) in [6.45, 7) is 1.96. The first kappa shape index (κ1) is 19.1. The summed E-state index contributed by atoms with van der Waals surface area (Å²) in [7, 11) is 0. The van der Waals surface area contributed by atoms with Crippen molar-refractivity contribution in [1.82, 2.24) is 9.80 Å². The van der Waals surface area contributed by atoms with Crippen LogP contribution in [0.2, 0.25) is 0 Å². The maximum absolute atomic E-state index is 14.0. The van der Waals surface area contributed by atoms with E-state index in [9.17, 15) is 18.8 Å². The summed E-state index contributed by atoms with van der Waals surface area (Å²) in [5, 5.41) is 0. The summed E-state index contributed by atoms with van der Waals surface area (Å²) in [5.41, 5.74) is 0.847. The van der Waals surface area contributed by atoms with E-state index >= 15 is 0 Å². The number of hydrogen-bond acceptors (Lipinski definition) is 3. The third-order valence-corrected chi connectivity index (χ3v) is 5.52. The van der Waals surface area contributed by atoms with Gasteiger partial charge in [-0.15, -0.1) is 0 Å². The number of halogens is 1. The Balaban J connectivity index is 1.36. The highest BCUT2D eigenvalue weighted by atomic mass is 19.1. The first-order valence-corrected chi connectivity index (χ1v) is 9.72. The molecule has 2 heterocycles. The van der Waals surface area contributed by atoms with Crippen LogP contribution in [0.1, 0.15) is 16.8 Å². The van der Waals surface area contributed by atoms with E-state index in [4.69, 9.17) is 0 Å². The molecule has 1 atom stereocenters. The van der Waals surface area contributed by atoms with Crippen molar-refractivity contribution in [3.05, 3.63) is 66.0 Å². The van der Waals surface area contributed by atoms with Crippen molar-refractivity contribution in [2.75, 3.05) is 37.6 Å². The lowest BCUT2D eigenvalue weighted by Crippen LogP contribution is -2.52. The number of rotatable bonds is 3. The molecule has 2 fully saturated rings. The molecule has 2 aliphatic rings. The highest BCUT2D eigenvalue weighted by Gasteiger charge is 2.39. The van der Waals surface area contributed by atoms with E-state index in [0.717, 1.165) is 0 Å². The van der Waals surface area contributed by atoms with Crippen LogP contribution in [-0.2, 0) is 9.59 Å². The highest BCUT2D eigenvalue weighted by molar-refractivity contribution is 6.00. The maximum atomic E-state index is 14.0. The third-order valence-electron chi connectivity index (χ3n) is 5.52. The topological polar surface area (TPSA) is 60.9 Å². The van der Waals surface area contributed by atoms with E-state index in [-0.39, 0.29) is 36.4 Å². The van der Waals surface area contributed by atoms with Gasteiger partial charge in [-0.2, -0.15) is 0 Å².